The third-order valence-electron chi connectivity index (χ3n) is 13.5. The van der Waals surface area contributed by atoms with Crippen LogP contribution in [0.1, 0.15) is 106 Å². The van der Waals surface area contributed by atoms with Gasteiger partial charge in [-0.2, -0.15) is 0 Å². The van der Waals surface area contributed by atoms with Crippen LogP contribution in [-0.2, 0) is 4.79 Å². The smallest absolute Gasteiger partial charge is 0.310 e. The lowest BCUT2D eigenvalue weighted by Crippen LogP contribution is -2.66. The van der Waals surface area contributed by atoms with E-state index in [1.54, 1.807) is 0 Å². The van der Waals surface area contributed by atoms with Crippen molar-refractivity contribution in [2.75, 3.05) is 0 Å². The normalized spacial score (nSPS) is 53.4. The van der Waals surface area contributed by atoms with Crippen LogP contribution in [-0.4, -0.2) is 17.0 Å². The average Bonchev–Trinajstić information content (AvgIpc) is 2.74. The van der Waals surface area contributed by atoms with Gasteiger partial charge in [-0.25, -0.2) is 8.78 Å². The molecular weight excluding hydrogens is 430 g/mol. The lowest BCUT2D eigenvalue weighted by Gasteiger charge is -2.71. The van der Waals surface area contributed by atoms with Gasteiger partial charge in [0.15, 0.2) is 0 Å². The Balaban J connectivity index is 1.61. The number of carbonyl (C=O) groups is 1. The Bertz CT molecular complexity index is 923. The summed E-state index contributed by atoms with van der Waals surface area (Å²) in [4.78, 5) is 12.8. The Morgan fingerprint density at radius 3 is 2.24 bits per heavy atom. The average molecular weight is 477 g/mol. The minimum atomic E-state index is -2.61. The van der Waals surface area contributed by atoms with Crippen LogP contribution in [0, 0.1) is 56.7 Å². The number of halogens is 2. The standard InChI is InChI=1S/C30H46F2O2/c1-18-10-13-29(24(33)34)16-15-27(6)20(23(29)19(18)2)8-9-22-26(5)14-17-30(31,32)25(3,4)21(26)11-12-28(22,27)7/h8,18-19,21-23H,9-17H2,1-7H3,(H,33,34). The molecule has 192 valence electrons. The fourth-order valence-electron chi connectivity index (χ4n) is 10.8. The first kappa shape index (κ1) is 24.8. The number of aliphatic carboxylic acids is 1. The number of hydrogen-bond donors (Lipinski definition) is 1. The second kappa shape index (κ2) is 7.09. The molecule has 0 aliphatic heterocycles. The van der Waals surface area contributed by atoms with Gasteiger partial charge in [0.2, 0.25) is 0 Å². The van der Waals surface area contributed by atoms with E-state index in [1.165, 1.54) is 5.57 Å². The topological polar surface area (TPSA) is 37.3 Å². The molecule has 9 atom stereocenters. The van der Waals surface area contributed by atoms with E-state index in [1.807, 2.05) is 13.8 Å². The Kier molecular flexibility index (Phi) is 5.16. The quantitative estimate of drug-likeness (QED) is 0.386. The summed E-state index contributed by atoms with van der Waals surface area (Å²) in [6.07, 6.45) is 9.23. The first-order chi connectivity index (χ1) is 15.6. The largest absolute Gasteiger partial charge is 0.481 e. The van der Waals surface area contributed by atoms with Crippen LogP contribution in [0.3, 0.4) is 0 Å². The van der Waals surface area contributed by atoms with E-state index >= 15 is 8.78 Å². The van der Waals surface area contributed by atoms with Crippen LogP contribution in [0.4, 0.5) is 8.78 Å². The molecule has 4 saturated carbocycles. The highest BCUT2D eigenvalue weighted by molar-refractivity contribution is 5.76. The van der Waals surface area contributed by atoms with Crippen molar-refractivity contribution in [2.45, 2.75) is 112 Å². The van der Waals surface area contributed by atoms with E-state index in [9.17, 15) is 9.90 Å². The number of alkyl halides is 2. The number of carboxylic acids is 1. The van der Waals surface area contributed by atoms with Gasteiger partial charge in [-0.05, 0) is 97.2 Å². The van der Waals surface area contributed by atoms with Crippen LogP contribution in [0.15, 0.2) is 11.6 Å². The number of rotatable bonds is 1. The van der Waals surface area contributed by atoms with Gasteiger partial charge in [0.1, 0.15) is 0 Å². The fraction of sp³-hybridized carbons (Fsp3) is 0.900. The zero-order chi connectivity index (χ0) is 25.1. The minimum Gasteiger partial charge on any atom is -0.481 e. The number of allylic oxidation sites excluding steroid dienone is 2. The first-order valence-electron chi connectivity index (χ1n) is 13.9. The van der Waals surface area contributed by atoms with Crippen molar-refractivity contribution in [3.8, 4) is 0 Å². The molecule has 0 radical (unpaired) electrons. The molecule has 0 aromatic rings. The maximum atomic E-state index is 15.1. The summed E-state index contributed by atoms with van der Waals surface area (Å²) in [6.45, 7) is 15.4. The van der Waals surface area contributed by atoms with Gasteiger partial charge in [-0.15, -0.1) is 0 Å². The van der Waals surface area contributed by atoms with Crippen molar-refractivity contribution in [1.29, 1.82) is 0 Å². The van der Waals surface area contributed by atoms with Crippen LogP contribution in [0.2, 0.25) is 0 Å². The predicted octanol–water partition coefficient (Wildman–Crippen LogP) is 8.36. The molecule has 5 aliphatic rings. The third kappa shape index (κ3) is 2.70. The summed E-state index contributed by atoms with van der Waals surface area (Å²) in [5.41, 5.74) is -0.322. The van der Waals surface area contributed by atoms with E-state index in [2.05, 4.69) is 40.7 Å². The lowest BCUT2D eigenvalue weighted by molar-refractivity contribution is -0.250. The molecule has 0 amide bonds. The van der Waals surface area contributed by atoms with E-state index in [0.29, 0.717) is 24.2 Å². The van der Waals surface area contributed by atoms with E-state index in [4.69, 9.17) is 0 Å². The molecule has 2 nitrogen and oxygen atoms in total. The summed E-state index contributed by atoms with van der Waals surface area (Å²) < 4.78 is 30.2. The molecule has 5 aliphatic carbocycles. The Labute approximate surface area is 205 Å². The molecule has 1 N–H and O–H groups in total. The summed E-state index contributed by atoms with van der Waals surface area (Å²) in [5, 5.41) is 10.5. The first-order valence-corrected chi connectivity index (χ1v) is 13.9. The highest BCUT2D eigenvalue weighted by atomic mass is 19.3. The maximum absolute atomic E-state index is 15.1. The Morgan fingerprint density at radius 2 is 1.59 bits per heavy atom. The van der Waals surface area contributed by atoms with Crippen molar-refractivity contribution >= 4 is 5.97 Å². The summed E-state index contributed by atoms with van der Waals surface area (Å²) in [7, 11) is 0. The molecule has 0 bridgehead atoms. The lowest BCUT2D eigenvalue weighted by atomic mass is 9.33. The third-order valence-corrected chi connectivity index (χ3v) is 13.5. The van der Waals surface area contributed by atoms with E-state index < -0.39 is 22.7 Å². The molecule has 0 spiro atoms. The molecular formula is C30H46F2O2. The maximum Gasteiger partial charge on any atom is 0.310 e. The molecule has 5 rings (SSSR count). The fourth-order valence-corrected chi connectivity index (χ4v) is 10.8. The molecule has 4 fully saturated rings. The van der Waals surface area contributed by atoms with Crippen molar-refractivity contribution in [3.05, 3.63) is 11.6 Å². The molecule has 0 aromatic heterocycles. The highest BCUT2D eigenvalue weighted by Crippen LogP contribution is 2.76. The molecule has 4 heteroatoms. The van der Waals surface area contributed by atoms with E-state index in [-0.39, 0.29) is 34.5 Å². The number of fused-ring (bicyclic) bond motifs is 7. The van der Waals surface area contributed by atoms with Crippen molar-refractivity contribution < 1.29 is 18.7 Å². The second-order valence-corrected chi connectivity index (χ2v) is 14.5. The minimum absolute atomic E-state index is 0.00777. The molecule has 34 heavy (non-hydrogen) atoms. The zero-order valence-electron chi connectivity index (χ0n) is 22.4. The molecule has 0 saturated heterocycles. The van der Waals surface area contributed by atoms with Gasteiger partial charge in [-0.3, -0.25) is 4.79 Å². The zero-order valence-corrected chi connectivity index (χ0v) is 22.4. The van der Waals surface area contributed by atoms with Crippen molar-refractivity contribution in [3.63, 3.8) is 0 Å². The van der Waals surface area contributed by atoms with Crippen LogP contribution < -0.4 is 0 Å². The van der Waals surface area contributed by atoms with Gasteiger partial charge >= 0.3 is 5.97 Å². The van der Waals surface area contributed by atoms with Gasteiger partial charge in [-0.1, -0.05) is 60.1 Å². The van der Waals surface area contributed by atoms with Gasteiger partial charge in [0, 0.05) is 11.8 Å². The molecule has 0 aromatic carbocycles. The van der Waals surface area contributed by atoms with Crippen molar-refractivity contribution in [2.24, 2.45) is 56.7 Å². The van der Waals surface area contributed by atoms with Crippen molar-refractivity contribution in [1.82, 2.24) is 0 Å². The highest BCUT2D eigenvalue weighted by Gasteiger charge is 2.71. The van der Waals surface area contributed by atoms with Crippen LogP contribution >= 0.6 is 0 Å². The molecule has 0 heterocycles. The van der Waals surface area contributed by atoms with Crippen LogP contribution in [0.5, 0.6) is 0 Å². The molecule has 9 unspecified atom stereocenters. The Hall–Kier alpha value is -0.930. The van der Waals surface area contributed by atoms with Gasteiger partial charge < -0.3 is 5.11 Å². The predicted molar refractivity (Wildman–Crippen MR) is 132 cm³/mol. The monoisotopic (exact) mass is 476 g/mol. The number of hydrogen-bond acceptors (Lipinski definition) is 1. The summed E-state index contributed by atoms with van der Waals surface area (Å²) in [6, 6.07) is 0. The second-order valence-electron chi connectivity index (χ2n) is 14.5. The van der Waals surface area contributed by atoms with Gasteiger partial charge in [0.25, 0.3) is 5.92 Å². The van der Waals surface area contributed by atoms with Gasteiger partial charge in [0.05, 0.1) is 5.41 Å². The van der Waals surface area contributed by atoms with Crippen LogP contribution in [0.25, 0.3) is 0 Å². The SMILES string of the molecule is CC1CCC2(C(=O)O)CCC3(C)C(=CCC4C5(C)CCC(F)(F)C(C)(C)C5CCC43C)C2C1C. The van der Waals surface area contributed by atoms with E-state index in [0.717, 1.165) is 44.9 Å². The summed E-state index contributed by atoms with van der Waals surface area (Å²) >= 11 is 0. The Morgan fingerprint density at radius 1 is 0.912 bits per heavy atom. The number of carboxylic acid groups (broad SMARTS) is 1. The summed E-state index contributed by atoms with van der Waals surface area (Å²) in [5.74, 6) is -1.83.